The molecule has 23 heavy (non-hydrogen) atoms. The fourth-order valence-electron chi connectivity index (χ4n) is 6.99. The van der Waals surface area contributed by atoms with E-state index in [9.17, 15) is 15.3 Å². The molecule has 3 fully saturated rings. The van der Waals surface area contributed by atoms with Crippen LogP contribution in [0.5, 0.6) is 0 Å². The van der Waals surface area contributed by atoms with Crippen molar-refractivity contribution in [3.05, 3.63) is 11.6 Å². The second-order valence-corrected chi connectivity index (χ2v) is 9.35. The third-order valence-electron chi connectivity index (χ3n) is 8.53. The standard InChI is InChI=1S/C20H32O3/c1-11-14-10-16(22)18-12-4-5-17(23)20(12,3)8-6-13(18)19(14,2)9-7-15(11)21/h10-13,15-18,21-23H,4-9H2,1-3H3/t11-,12-,13-,15-,16-,17-,18-,19+,20-/m0/s1. The molecule has 3 heteroatoms. The highest BCUT2D eigenvalue weighted by Gasteiger charge is 2.61. The predicted molar refractivity (Wildman–Crippen MR) is 89.7 cm³/mol. The Kier molecular flexibility index (Phi) is 3.54. The SMILES string of the molecule is C[C@H]1C2=C[C@H](O)[C@H]3[C@@H]4CC[C@H](O)[C@@]4(C)CC[C@@H]3[C@@]2(C)CC[C@@H]1O. The zero-order valence-electron chi connectivity index (χ0n) is 14.7. The van der Waals surface area contributed by atoms with E-state index in [1.54, 1.807) is 0 Å². The Morgan fingerprint density at radius 3 is 2.43 bits per heavy atom. The first-order valence-corrected chi connectivity index (χ1v) is 9.55. The van der Waals surface area contributed by atoms with Crippen molar-refractivity contribution in [2.75, 3.05) is 0 Å². The molecule has 0 aromatic heterocycles. The van der Waals surface area contributed by atoms with E-state index in [1.165, 1.54) is 5.57 Å². The Balaban J connectivity index is 1.75. The molecule has 0 aliphatic heterocycles. The third kappa shape index (κ3) is 1.99. The monoisotopic (exact) mass is 320 g/mol. The molecule has 0 spiro atoms. The van der Waals surface area contributed by atoms with E-state index in [0.717, 1.165) is 38.5 Å². The van der Waals surface area contributed by atoms with Gasteiger partial charge in [0.15, 0.2) is 0 Å². The molecule has 3 nitrogen and oxygen atoms in total. The highest BCUT2D eigenvalue weighted by Crippen LogP contribution is 2.65. The normalized spacial score (nSPS) is 58.9. The van der Waals surface area contributed by atoms with E-state index in [-0.39, 0.29) is 34.9 Å². The van der Waals surface area contributed by atoms with Crippen molar-refractivity contribution in [1.29, 1.82) is 0 Å². The minimum absolute atomic E-state index is 0.0103. The fraction of sp³-hybridized carbons (Fsp3) is 0.900. The molecule has 0 unspecified atom stereocenters. The maximum absolute atomic E-state index is 11.0. The van der Waals surface area contributed by atoms with Crippen LogP contribution < -0.4 is 0 Å². The van der Waals surface area contributed by atoms with E-state index in [4.69, 9.17) is 0 Å². The fourth-order valence-corrected chi connectivity index (χ4v) is 6.99. The van der Waals surface area contributed by atoms with E-state index in [2.05, 4.69) is 26.8 Å². The molecule has 0 aromatic carbocycles. The summed E-state index contributed by atoms with van der Waals surface area (Å²) in [5.41, 5.74) is 1.41. The zero-order chi connectivity index (χ0) is 16.6. The second kappa shape index (κ2) is 5.06. The van der Waals surface area contributed by atoms with Crippen molar-refractivity contribution >= 4 is 0 Å². The molecule has 4 aliphatic carbocycles. The van der Waals surface area contributed by atoms with Crippen LogP contribution in [0.3, 0.4) is 0 Å². The van der Waals surface area contributed by atoms with Crippen LogP contribution in [0.15, 0.2) is 11.6 Å². The van der Waals surface area contributed by atoms with Crippen LogP contribution in [0.2, 0.25) is 0 Å². The summed E-state index contributed by atoms with van der Waals surface area (Å²) in [6.07, 6.45) is 7.23. The highest BCUT2D eigenvalue weighted by atomic mass is 16.3. The summed E-state index contributed by atoms with van der Waals surface area (Å²) in [6.45, 7) is 6.74. The van der Waals surface area contributed by atoms with Crippen molar-refractivity contribution in [2.45, 2.75) is 77.6 Å². The van der Waals surface area contributed by atoms with Gasteiger partial charge in [-0.15, -0.1) is 0 Å². The lowest BCUT2D eigenvalue weighted by Gasteiger charge is -2.59. The van der Waals surface area contributed by atoms with Gasteiger partial charge < -0.3 is 15.3 Å². The van der Waals surface area contributed by atoms with E-state index in [0.29, 0.717) is 11.8 Å². The van der Waals surface area contributed by atoms with Crippen LogP contribution in [0.1, 0.15) is 59.3 Å². The van der Waals surface area contributed by atoms with E-state index >= 15 is 0 Å². The summed E-state index contributed by atoms with van der Waals surface area (Å²) in [7, 11) is 0. The van der Waals surface area contributed by atoms with Crippen molar-refractivity contribution in [3.8, 4) is 0 Å². The van der Waals surface area contributed by atoms with Crippen molar-refractivity contribution in [1.82, 2.24) is 0 Å². The molecular formula is C20H32O3. The van der Waals surface area contributed by atoms with Crippen molar-refractivity contribution in [3.63, 3.8) is 0 Å². The van der Waals surface area contributed by atoms with Gasteiger partial charge in [0.2, 0.25) is 0 Å². The summed E-state index contributed by atoms with van der Waals surface area (Å²) < 4.78 is 0. The third-order valence-corrected chi connectivity index (χ3v) is 8.53. The Morgan fingerprint density at radius 2 is 1.70 bits per heavy atom. The van der Waals surface area contributed by atoms with Crippen LogP contribution in [0.4, 0.5) is 0 Å². The smallest absolute Gasteiger partial charge is 0.0757 e. The molecule has 130 valence electrons. The molecular weight excluding hydrogens is 288 g/mol. The predicted octanol–water partition coefficient (Wildman–Crippen LogP) is 2.89. The molecule has 0 radical (unpaired) electrons. The topological polar surface area (TPSA) is 60.7 Å². The summed E-state index contributed by atoms with van der Waals surface area (Å²) in [5.74, 6) is 1.37. The van der Waals surface area contributed by atoms with Gasteiger partial charge in [-0.1, -0.05) is 32.4 Å². The molecule has 3 saturated carbocycles. The molecule has 0 bridgehead atoms. The molecule has 0 saturated heterocycles. The minimum Gasteiger partial charge on any atom is -0.393 e. The van der Waals surface area contributed by atoms with Gasteiger partial charge in [-0.05, 0) is 67.1 Å². The van der Waals surface area contributed by atoms with Gasteiger partial charge in [-0.25, -0.2) is 0 Å². The summed E-state index contributed by atoms with van der Waals surface area (Å²) in [4.78, 5) is 0. The molecule has 0 aromatic rings. The highest BCUT2D eigenvalue weighted by molar-refractivity contribution is 5.29. The van der Waals surface area contributed by atoms with Crippen LogP contribution in [0.25, 0.3) is 0 Å². The molecule has 4 rings (SSSR count). The molecule has 0 amide bonds. The quantitative estimate of drug-likeness (QED) is 0.602. The summed E-state index contributed by atoms with van der Waals surface area (Å²) in [5, 5.41) is 31.8. The first-order valence-electron chi connectivity index (χ1n) is 9.55. The average Bonchev–Trinajstić information content (AvgIpc) is 2.82. The van der Waals surface area contributed by atoms with E-state index < -0.39 is 6.10 Å². The second-order valence-electron chi connectivity index (χ2n) is 9.35. The van der Waals surface area contributed by atoms with Gasteiger partial charge in [0.25, 0.3) is 0 Å². The lowest BCUT2D eigenvalue weighted by Crippen LogP contribution is -2.56. The molecule has 3 N–H and O–H groups in total. The number of aliphatic hydroxyl groups excluding tert-OH is 3. The van der Waals surface area contributed by atoms with Crippen molar-refractivity contribution < 1.29 is 15.3 Å². The number of rotatable bonds is 0. The Hall–Kier alpha value is -0.380. The largest absolute Gasteiger partial charge is 0.393 e. The van der Waals surface area contributed by atoms with Gasteiger partial charge in [-0.2, -0.15) is 0 Å². The number of hydrogen-bond acceptors (Lipinski definition) is 3. The lowest BCUT2D eigenvalue weighted by molar-refractivity contribution is -0.110. The number of aliphatic hydroxyl groups is 3. The van der Waals surface area contributed by atoms with E-state index in [1.807, 2.05) is 0 Å². The van der Waals surface area contributed by atoms with Crippen molar-refractivity contribution in [2.24, 2.45) is 34.5 Å². The maximum atomic E-state index is 11.0. The molecule has 9 atom stereocenters. The van der Waals surface area contributed by atoms with Crippen LogP contribution >= 0.6 is 0 Å². The van der Waals surface area contributed by atoms with Gasteiger partial charge in [0, 0.05) is 5.92 Å². The van der Waals surface area contributed by atoms with Gasteiger partial charge >= 0.3 is 0 Å². The molecule has 0 heterocycles. The Bertz CT molecular complexity index is 529. The minimum atomic E-state index is -0.411. The van der Waals surface area contributed by atoms with Gasteiger partial charge in [0.05, 0.1) is 18.3 Å². The Labute approximate surface area is 139 Å². The first kappa shape index (κ1) is 16.1. The Morgan fingerprint density at radius 1 is 0.957 bits per heavy atom. The van der Waals surface area contributed by atoms with Crippen LogP contribution in [-0.2, 0) is 0 Å². The van der Waals surface area contributed by atoms with Gasteiger partial charge in [0.1, 0.15) is 0 Å². The van der Waals surface area contributed by atoms with Gasteiger partial charge in [-0.3, -0.25) is 0 Å². The lowest BCUT2D eigenvalue weighted by atomic mass is 9.46. The molecule has 4 aliphatic rings. The summed E-state index contributed by atoms with van der Waals surface area (Å²) >= 11 is 0. The number of fused-ring (bicyclic) bond motifs is 5. The first-order chi connectivity index (χ1) is 10.8. The van der Waals surface area contributed by atoms with Crippen LogP contribution in [0, 0.1) is 34.5 Å². The zero-order valence-corrected chi connectivity index (χ0v) is 14.7. The van der Waals surface area contributed by atoms with Crippen LogP contribution in [-0.4, -0.2) is 33.6 Å². The number of hydrogen-bond donors (Lipinski definition) is 3. The maximum Gasteiger partial charge on any atom is 0.0757 e. The summed E-state index contributed by atoms with van der Waals surface area (Å²) in [6, 6.07) is 0. The average molecular weight is 320 g/mol.